The van der Waals surface area contributed by atoms with Crippen LogP contribution in [0.4, 0.5) is 0 Å². The van der Waals surface area contributed by atoms with Crippen LogP contribution in [0.2, 0.25) is 0 Å². The zero-order valence-corrected chi connectivity index (χ0v) is 23.6. The number of nitrogens with one attached hydrogen (secondary N) is 1. The van der Waals surface area contributed by atoms with Crippen molar-refractivity contribution >= 4 is 7.82 Å². The number of H-pyrrole nitrogens is 1. The number of rotatable bonds is 8. The molecule has 41 heavy (non-hydrogen) atoms. The van der Waals surface area contributed by atoms with Crippen LogP contribution in [-0.2, 0) is 43.9 Å². The molecule has 1 aromatic carbocycles. The Balaban J connectivity index is 1.30. The molecule has 2 fully saturated rings. The Bertz CT molecular complexity index is 1220. The third-order valence-electron chi connectivity index (χ3n) is 6.31. The smallest absolute Gasteiger partial charge is 0.404 e. The van der Waals surface area contributed by atoms with Crippen molar-refractivity contribution in [1.82, 2.24) is 9.55 Å². The van der Waals surface area contributed by atoms with Crippen LogP contribution < -0.4 is 15.8 Å². The minimum absolute atomic E-state index is 0.180. The Hall–Kier alpha value is -2.39. The molecule has 3 heterocycles. The molecule has 0 amide bonds. The first-order valence-corrected chi connectivity index (χ1v) is 15.0. The van der Waals surface area contributed by atoms with Gasteiger partial charge in [-0.3, -0.25) is 23.8 Å². The molecule has 0 bridgehead atoms. The fraction of sp³-hybridized carbons (Fsp3) is 0.615. The number of phosphoric ester groups is 1. The van der Waals surface area contributed by atoms with Gasteiger partial charge in [-0.05, 0) is 24.5 Å². The van der Waals surface area contributed by atoms with Gasteiger partial charge in [-0.1, -0.05) is 18.2 Å². The zero-order chi connectivity index (χ0) is 28.9. The number of aromatic amines is 1. The second-order valence-corrected chi connectivity index (χ2v) is 10.8. The predicted octanol–water partition coefficient (Wildman–Crippen LogP) is 1.42. The number of nitrogens with zero attached hydrogens (tertiary/aromatic N) is 1. The van der Waals surface area contributed by atoms with E-state index in [0.717, 1.165) is 0 Å². The lowest BCUT2D eigenvalue weighted by Crippen LogP contribution is -2.31. The van der Waals surface area contributed by atoms with Gasteiger partial charge >= 0.3 is 13.5 Å². The average molecular weight is 601 g/mol. The van der Waals surface area contributed by atoms with Crippen molar-refractivity contribution in [3.63, 3.8) is 0 Å². The lowest BCUT2D eigenvalue weighted by Gasteiger charge is -2.21. The summed E-state index contributed by atoms with van der Waals surface area (Å²) < 4.78 is 58.7. The Labute approximate surface area is 237 Å². The van der Waals surface area contributed by atoms with Crippen molar-refractivity contribution in [2.45, 2.75) is 37.7 Å². The van der Waals surface area contributed by atoms with Gasteiger partial charge in [0.25, 0.3) is 5.56 Å². The highest BCUT2D eigenvalue weighted by Crippen LogP contribution is 2.46. The molecular formula is C26H37N2O12P. The molecule has 2 aliphatic rings. The van der Waals surface area contributed by atoms with Crippen molar-refractivity contribution in [3.8, 4) is 5.75 Å². The summed E-state index contributed by atoms with van der Waals surface area (Å²) in [6, 6.07) is 8.06. The van der Waals surface area contributed by atoms with E-state index in [1.807, 2.05) is 0 Å². The van der Waals surface area contributed by atoms with Gasteiger partial charge in [-0.25, -0.2) is 9.36 Å². The number of hydrogen-bond acceptors (Lipinski definition) is 11. The van der Waals surface area contributed by atoms with E-state index in [4.69, 9.17) is 37.5 Å². The molecule has 0 saturated carbocycles. The van der Waals surface area contributed by atoms with Crippen LogP contribution in [0.1, 0.15) is 24.6 Å². The first-order valence-electron chi connectivity index (χ1n) is 13.5. The quantitative estimate of drug-likeness (QED) is 0.419. The summed E-state index contributed by atoms with van der Waals surface area (Å²) in [6.45, 7) is 3.46. The van der Waals surface area contributed by atoms with E-state index in [9.17, 15) is 19.0 Å². The number of phosphoric acid groups is 1. The first kappa shape index (κ1) is 31.5. The average Bonchev–Trinajstić information content (AvgIpc) is 3.41. The summed E-state index contributed by atoms with van der Waals surface area (Å²) in [5.74, 6) is 0.180. The van der Waals surface area contributed by atoms with Gasteiger partial charge in [0.1, 0.15) is 12.0 Å². The Kier molecular flexibility index (Phi) is 12.5. The summed E-state index contributed by atoms with van der Waals surface area (Å²) >= 11 is 0. The number of aromatic nitrogens is 2. The van der Waals surface area contributed by atoms with Gasteiger partial charge in [0.2, 0.25) is 0 Å². The van der Waals surface area contributed by atoms with E-state index in [1.165, 1.54) is 16.8 Å². The molecule has 4 rings (SSSR count). The summed E-state index contributed by atoms with van der Waals surface area (Å²) in [7, 11) is -4.52. The third-order valence-corrected chi connectivity index (χ3v) is 7.21. The van der Waals surface area contributed by atoms with Crippen LogP contribution in [-0.4, -0.2) is 92.7 Å². The van der Waals surface area contributed by atoms with Crippen LogP contribution in [0.15, 0.2) is 46.1 Å². The highest BCUT2D eigenvalue weighted by Gasteiger charge is 2.32. The maximum Gasteiger partial charge on any atom is 0.527 e. The molecule has 0 spiro atoms. The number of hydrogen-bond donors (Lipinski definition) is 2. The fourth-order valence-electron chi connectivity index (χ4n) is 4.32. The molecule has 0 radical (unpaired) electrons. The minimum Gasteiger partial charge on any atom is -0.404 e. The summed E-state index contributed by atoms with van der Waals surface area (Å²) in [5, 5.41) is 0. The molecule has 2 aliphatic heterocycles. The first-order chi connectivity index (χ1) is 19.9. The van der Waals surface area contributed by atoms with E-state index in [1.54, 1.807) is 24.3 Å². The molecule has 4 atom stereocenters. The van der Waals surface area contributed by atoms with Crippen LogP contribution in [0.3, 0.4) is 0 Å². The van der Waals surface area contributed by atoms with E-state index >= 15 is 0 Å². The van der Waals surface area contributed by atoms with Crippen LogP contribution >= 0.6 is 7.82 Å². The molecule has 2 unspecified atom stereocenters. The van der Waals surface area contributed by atoms with Gasteiger partial charge < -0.3 is 32.9 Å². The second kappa shape index (κ2) is 16.3. The van der Waals surface area contributed by atoms with Gasteiger partial charge in [-0.15, -0.1) is 0 Å². The van der Waals surface area contributed by atoms with Crippen LogP contribution in [0.5, 0.6) is 5.75 Å². The molecule has 2 aromatic rings. The van der Waals surface area contributed by atoms with E-state index in [0.29, 0.717) is 77.7 Å². The highest BCUT2D eigenvalue weighted by molar-refractivity contribution is 7.47. The molecule has 2 N–H and O–H groups in total. The van der Waals surface area contributed by atoms with E-state index in [-0.39, 0.29) is 25.1 Å². The van der Waals surface area contributed by atoms with E-state index in [2.05, 4.69) is 4.98 Å². The number of benzene rings is 1. The van der Waals surface area contributed by atoms with Gasteiger partial charge in [0.15, 0.2) is 0 Å². The monoisotopic (exact) mass is 600 g/mol. The molecule has 2 saturated heterocycles. The molecule has 15 heteroatoms. The highest BCUT2D eigenvalue weighted by atomic mass is 31.2. The Morgan fingerprint density at radius 3 is 2.32 bits per heavy atom. The van der Waals surface area contributed by atoms with Crippen molar-refractivity contribution in [2.24, 2.45) is 0 Å². The molecular weight excluding hydrogens is 563 g/mol. The molecule has 0 aliphatic carbocycles. The normalized spacial score (nSPS) is 25.0. The van der Waals surface area contributed by atoms with Crippen LogP contribution in [0, 0.1) is 0 Å². The molecule has 1 aromatic heterocycles. The maximum atomic E-state index is 12.8. The largest absolute Gasteiger partial charge is 0.527 e. The molecule has 228 valence electrons. The van der Waals surface area contributed by atoms with Crippen molar-refractivity contribution in [3.05, 3.63) is 62.9 Å². The van der Waals surface area contributed by atoms with Gasteiger partial charge in [0.05, 0.1) is 78.3 Å². The predicted molar refractivity (Wildman–Crippen MR) is 144 cm³/mol. The number of para-hydroxylation sites is 1. The van der Waals surface area contributed by atoms with Gasteiger partial charge in [0, 0.05) is 18.7 Å². The standard InChI is InChI=1S/C26H37N2O12P/c29-24-7-8-28(26(30)27-24)25-6-5-21(39-25)19-38-41(31,32)40-23-4-2-1-3-20(23)17-22-18-36-14-13-34-10-9-33-11-12-35-15-16-37-22/h1-4,7-8,21-22,25H,5-6,9-19H2,(H,31,32)(H,27,29,30)/t21-,22?,25+/m0/s1. The minimum atomic E-state index is -4.52. The summed E-state index contributed by atoms with van der Waals surface area (Å²) in [5.41, 5.74) is -0.463. The van der Waals surface area contributed by atoms with Crippen molar-refractivity contribution < 1.29 is 46.9 Å². The van der Waals surface area contributed by atoms with E-state index < -0.39 is 31.4 Å². The summed E-state index contributed by atoms with van der Waals surface area (Å²) in [4.78, 5) is 36.0. The third kappa shape index (κ3) is 10.7. The number of ether oxygens (including phenoxy) is 6. The lowest BCUT2D eigenvalue weighted by atomic mass is 10.1. The maximum absolute atomic E-state index is 12.8. The fourth-order valence-corrected chi connectivity index (χ4v) is 5.15. The second-order valence-electron chi connectivity index (χ2n) is 9.38. The van der Waals surface area contributed by atoms with Crippen molar-refractivity contribution in [2.75, 3.05) is 66.1 Å². The SMILES string of the molecule is O=c1ccn([C@H]2CC[C@@H](COP(=O)(O)Oc3ccccc3CC3COCCOCCOCCOCCO3)O2)c(=O)[nH]1. The van der Waals surface area contributed by atoms with Crippen LogP contribution in [0.25, 0.3) is 0 Å². The van der Waals surface area contributed by atoms with Gasteiger partial charge in [-0.2, -0.15) is 0 Å². The topological polar surface area (TPSA) is 166 Å². The zero-order valence-electron chi connectivity index (χ0n) is 22.7. The van der Waals surface area contributed by atoms with Crippen molar-refractivity contribution in [1.29, 1.82) is 0 Å². The molecule has 14 nitrogen and oxygen atoms in total. The summed E-state index contributed by atoms with van der Waals surface area (Å²) in [6.07, 6.45) is 1.11. The lowest BCUT2D eigenvalue weighted by molar-refractivity contribution is -0.0451. The Morgan fingerprint density at radius 1 is 0.902 bits per heavy atom. The Morgan fingerprint density at radius 2 is 1.59 bits per heavy atom.